The lowest BCUT2D eigenvalue weighted by atomic mass is 10.0. The summed E-state index contributed by atoms with van der Waals surface area (Å²) in [7, 11) is -4.00. The highest BCUT2D eigenvalue weighted by atomic mass is 32.2. The van der Waals surface area contributed by atoms with Crippen molar-refractivity contribution in [1.82, 2.24) is 0 Å². The highest BCUT2D eigenvalue weighted by molar-refractivity contribution is 7.85. The molecule has 2 aromatic rings. The Balaban J connectivity index is 0. The molecular weight excluding hydrogens is 628 g/mol. The molecule has 2 aromatic carbocycles. The van der Waals surface area contributed by atoms with Crippen LogP contribution in [0.25, 0.3) is 0 Å². The lowest BCUT2D eigenvalue weighted by Crippen LogP contribution is -2.00. The van der Waals surface area contributed by atoms with Crippen LogP contribution in [0.15, 0.2) is 65.6 Å². The molecule has 2 rings (SSSR count). The van der Waals surface area contributed by atoms with Crippen molar-refractivity contribution in [2.75, 3.05) is 0 Å². The monoisotopic (exact) mass is 682 g/mol. The van der Waals surface area contributed by atoms with Crippen molar-refractivity contribution in [1.29, 1.82) is 0 Å². The van der Waals surface area contributed by atoms with Crippen molar-refractivity contribution in [2.24, 2.45) is 0 Å². The van der Waals surface area contributed by atoms with E-state index in [1.807, 2.05) is 0 Å². The number of carboxylic acid groups (broad SMARTS) is 4. The molecule has 11 nitrogen and oxygen atoms in total. The van der Waals surface area contributed by atoms with Gasteiger partial charge in [-0.1, -0.05) is 133 Å². The number of benzene rings is 2. The number of carbonyl (C=O) groups is 4. The van der Waals surface area contributed by atoms with Crippen LogP contribution in [0.4, 0.5) is 0 Å². The van der Waals surface area contributed by atoms with E-state index in [4.69, 9.17) is 25.0 Å². The molecule has 0 aliphatic heterocycles. The number of hydrogen-bond donors (Lipinski definition) is 5. The van der Waals surface area contributed by atoms with Crippen LogP contribution in [0.2, 0.25) is 0 Å². The molecule has 0 bridgehead atoms. The first kappa shape index (κ1) is 45.4. The molecular formula is C35H54O11S. The molecule has 0 aliphatic carbocycles. The Hall–Kier alpha value is -3.77. The van der Waals surface area contributed by atoms with Gasteiger partial charge in [0, 0.05) is 6.42 Å². The molecule has 47 heavy (non-hydrogen) atoms. The molecule has 0 saturated heterocycles. The van der Waals surface area contributed by atoms with E-state index < -0.39 is 34.0 Å². The van der Waals surface area contributed by atoms with Gasteiger partial charge in [0.25, 0.3) is 10.1 Å². The van der Waals surface area contributed by atoms with Crippen molar-refractivity contribution >= 4 is 34.0 Å². The SMILES string of the molecule is CCCCCCCCCCCCCCCCCC(=O)O.O=C(O)CCC(=O)O.O=C(O)c1ccccc1.O=S(=O)(O)c1ccccc1. The molecule has 5 N–H and O–H groups in total. The minimum atomic E-state index is -4.00. The van der Waals surface area contributed by atoms with E-state index >= 15 is 0 Å². The van der Waals surface area contributed by atoms with Gasteiger partial charge in [-0.15, -0.1) is 0 Å². The molecule has 0 atom stereocenters. The summed E-state index contributed by atoms with van der Waals surface area (Å²) in [5, 5.41) is 32.7. The minimum absolute atomic E-state index is 0.0741. The summed E-state index contributed by atoms with van der Waals surface area (Å²) in [6.07, 6.45) is 19.6. The first-order valence-corrected chi connectivity index (χ1v) is 17.7. The fourth-order valence-corrected chi connectivity index (χ4v) is 4.54. The van der Waals surface area contributed by atoms with Crippen molar-refractivity contribution in [3.05, 3.63) is 66.2 Å². The number of carboxylic acids is 4. The van der Waals surface area contributed by atoms with Gasteiger partial charge in [0.1, 0.15) is 0 Å². The van der Waals surface area contributed by atoms with Crippen LogP contribution >= 0.6 is 0 Å². The predicted octanol–water partition coefficient (Wildman–Crippen LogP) is 8.59. The van der Waals surface area contributed by atoms with E-state index in [1.54, 1.807) is 48.5 Å². The maximum Gasteiger partial charge on any atom is 0.335 e. The molecule has 0 unspecified atom stereocenters. The average Bonchev–Trinajstić information content (AvgIpc) is 3.03. The first-order valence-electron chi connectivity index (χ1n) is 16.3. The summed E-state index contributed by atoms with van der Waals surface area (Å²) in [6, 6.07) is 15.7. The maximum atomic E-state index is 10.4. The summed E-state index contributed by atoms with van der Waals surface area (Å²) in [6.45, 7) is 2.27. The topological polar surface area (TPSA) is 204 Å². The van der Waals surface area contributed by atoms with Gasteiger partial charge >= 0.3 is 23.9 Å². The molecule has 0 aromatic heterocycles. The molecule has 12 heteroatoms. The van der Waals surface area contributed by atoms with Gasteiger partial charge in [-0.05, 0) is 30.7 Å². The standard InChI is InChI=1S/C18H36O2.C7H6O2.C6H6O3S.C4H6O4/c1-2-3-4-5-6-7-8-9-10-11-12-13-14-15-16-17-18(19)20;8-7(9)6-4-2-1-3-5-6;7-10(8,9)6-4-2-1-3-5-6;5-3(6)1-2-4(7)8/h2-17H2,1H3,(H,19,20);1-5H,(H,8,9);1-5H,(H,7,8,9);1-2H2,(H,5,6)(H,7,8). The van der Waals surface area contributed by atoms with E-state index in [2.05, 4.69) is 6.92 Å². The molecule has 266 valence electrons. The third-order valence-corrected chi connectivity index (χ3v) is 7.48. The Kier molecular flexibility index (Phi) is 29.8. The Morgan fingerprint density at radius 2 is 0.809 bits per heavy atom. The smallest absolute Gasteiger partial charge is 0.335 e. The lowest BCUT2D eigenvalue weighted by molar-refractivity contribution is -0.143. The van der Waals surface area contributed by atoms with E-state index in [1.165, 1.54) is 95.6 Å². The second kappa shape index (κ2) is 30.9. The zero-order valence-corrected chi connectivity index (χ0v) is 28.4. The van der Waals surface area contributed by atoms with Gasteiger partial charge in [-0.2, -0.15) is 8.42 Å². The zero-order chi connectivity index (χ0) is 35.8. The summed E-state index contributed by atoms with van der Waals surface area (Å²) in [5.41, 5.74) is 0.331. The Morgan fingerprint density at radius 3 is 1.06 bits per heavy atom. The third kappa shape index (κ3) is 34.9. The maximum absolute atomic E-state index is 10.4. The Bertz CT molecular complexity index is 1170. The van der Waals surface area contributed by atoms with E-state index in [-0.39, 0.29) is 17.7 Å². The fourth-order valence-electron chi connectivity index (χ4n) is 4.03. The van der Waals surface area contributed by atoms with E-state index in [9.17, 15) is 27.6 Å². The van der Waals surface area contributed by atoms with Crippen LogP contribution in [0.5, 0.6) is 0 Å². The summed E-state index contributed by atoms with van der Waals surface area (Å²) >= 11 is 0. The molecule has 0 fully saturated rings. The van der Waals surface area contributed by atoms with Gasteiger partial charge < -0.3 is 20.4 Å². The summed E-state index contributed by atoms with van der Waals surface area (Å²) < 4.78 is 29.2. The van der Waals surface area contributed by atoms with Gasteiger partial charge in [0.15, 0.2) is 0 Å². The van der Waals surface area contributed by atoms with Gasteiger partial charge in [0.2, 0.25) is 0 Å². The molecule has 0 radical (unpaired) electrons. The normalized spacial score (nSPS) is 10.2. The van der Waals surface area contributed by atoms with Crippen molar-refractivity contribution < 1.29 is 52.6 Å². The van der Waals surface area contributed by atoms with Crippen molar-refractivity contribution in [3.8, 4) is 0 Å². The Labute approximate surface area is 279 Å². The number of hydrogen-bond acceptors (Lipinski definition) is 6. The lowest BCUT2D eigenvalue weighted by Gasteiger charge is -2.03. The molecule has 0 aliphatic rings. The summed E-state index contributed by atoms with van der Waals surface area (Å²) in [4.78, 5) is 39.7. The minimum Gasteiger partial charge on any atom is -0.481 e. The number of aromatic carboxylic acids is 1. The number of unbranched alkanes of at least 4 members (excludes halogenated alkanes) is 14. The third-order valence-electron chi connectivity index (χ3n) is 6.61. The quantitative estimate of drug-likeness (QED) is 0.0623. The highest BCUT2D eigenvalue weighted by Crippen LogP contribution is 2.13. The molecule has 0 amide bonds. The van der Waals surface area contributed by atoms with Crippen LogP contribution in [0.3, 0.4) is 0 Å². The molecule has 0 saturated carbocycles. The van der Waals surface area contributed by atoms with E-state index in [0.29, 0.717) is 12.0 Å². The average molecular weight is 683 g/mol. The van der Waals surface area contributed by atoms with Gasteiger partial charge in [-0.3, -0.25) is 18.9 Å². The van der Waals surface area contributed by atoms with Crippen LogP contribution in [-0.4, -0.2) is 57.3 Å². The molecule has 0 heterocycles. The number of aliphatic carboxylic acids is 3. The second-order valence-corrected chi connectivity index (χ2v) is 12.3. The molecule has 0 spiro atoms. The fraction of sp³-hybridized carbons (Fsp3) is 0.543. The second-order valence-electron chi connectivity index (χ2n) is 10.8. The first-order chi connectivity index (χ1) is 22.3. The van der Waals surface area contributed by atoms with Gasteiger partial charge in [0.05, 0.1) is 23.3 Å². The number of rotatable bonds is 21. The predicted molar refractivity (Wildman–Crippen MR) is 181 cm³/mol. The zero-order valence-electron chi connectivity index (χ0n) is 27.6. The van der Waals surface area contributed by atoms with Crippen molar-refractivity contribution in [3.63, 3.8) is 0 Å². The van der Waals surface area contributed by atoms with Crippen LogP contribution < -0.4 is 0 Å². The van der Waals surface area contributed by atoms with Crippen LogP contribution in [0.1, 0.15) is 133 Å². The highest BCUT2D eigenvalue weighted by Gasteiger charge is 2.06. The van der Waals surface area contributed by atoms with Gasteiger partial charge in [-0.25, -0.2) is 4.79 Å². The van der Waals surface area contributed by atoms with Crippen LogP contribution in [0, 0.1) is 0 Å². The Morgan fingerprint density at radius 1 is 0.489 bits per heavy atom. The summed E-state index contributed by atoms with van der Waals surface area (Å²) in [5.74, 6) is -3.69. The van der Waals surface area contributed by atoms with E-state index in [0.717, 1.165) is 12.8 Å². The van der Waals surface area contributed by atoms with Crippen LogP contribution in [-0.2, 0) is 24.5 Å². The van der Waals surface area contributed by atoms with Crippen molar-refractivity contribution in [2.45, 2.75) is 127 Å². The largest absolute Gasteiger partial charge is 0.481 e.